The smallest absolute Gasteiger partial charge is 0.269 e. The zero-order valence-corrected chi connectivity index (χ0v) is 12.0. The van der Waals surface area contributed by atoms with E-state index in [1.54, 1.807) is 12.1 Å². The van der Waals surface area contributed by atoms with E-state index in [1.165, 1.54) is 6.07 Å². The molecular weight excluding hydrogens is 268 g/mol. The predicted molar refractivity (Wildman–Crippen MR) is 85.6 cm³/mol. The van der Waals surface area contributed by atoms with Crippen molar-refractivity contribution in [1.29, 1.82) is 0 Å². The van der Waals surface area contributed by atoms with Crippen LogP contribution < -0.4 is 16.0 Å². The summed E-state index contributed by atoms with van der Waals surface area (Å²) in [4.78, 5) is 12.4. The monoisotopic (exact) mass is 286 g/mol. The molecule has 6 heteroatoms. The van der Waals surface area contributed by atoms with Gasteiger partial charge in [0.2, 0.25) is 0 Å². The molecule has 0 aliphatic heterocycles. The van der Waals surface area contributed by atoms with E-state index < -0.39 is 0 Å². The van der Waals surface area contributed by atoms with Crippen molar-refractivity contribution >= 4 is 22.7 Å². The second kappa shape index (κ2) is 6.13. The Balaban J connectivity index is 2.19. The second-order valence-electron chi connectivity index (χ2n) is 4.80. The fourth-order valence-electron chi connectivity index (χ4n) is 2.13. The summed E-state index contributed by atoms with van der Waals surface area (Å²) in [6.07, 6.45) is 0. The van der Waals surface area contributed by atoms with E-state index in [-0.39, 0.29) is 10.6 Å². The number of hydrogen-bond donors (Lipinski definition) is 2. The maximum atomic E-state index is 10.8. The maximum Gasteiger partial charge on any atom is 0.269 e. The third kappa shape index (κ3) is 3.42. The molecule has 0 saturated carbocycles. The normalized spacial score (nSPS) is 10.2. The molecule has 0 radical (unpaired) electrons. The van der Waals surface area contributed by atoms with E-state index >= 15 is 0 Å². The second-order valence-corrected chi connectivity index (χ2v) is 4.80. The van der Waals surface area contributed by atoms with Crippen LogP contribution in [0.4, 0.5) is 22.7 Å². The number of nitro benzene ring substituents is 1. The van der Waals surface area contributed by atoms with Crippen molar-refractivity contribution in [3.05, 3.63) is 58.1 Å². The van der Waals surface area contributed by atoms with Crippen LogP contribution in [0.3, 0.4) is 0 Å². The Morgan fingerprint density at radius 3 is 2.71 bits per heavy atom. The molecule has 0 amide bonds. The van der Waals surface area contributed by atoms with Gasteiger partial charge in [0.1, 0.15) is 0 Å². The average Bonchev–Trinajstić information content (AvgIpc) is 2.47. The van der Waals surface area contributed by atoms with Crippen LogP contribution in [0, 0.1) is 10.1 Å². The predicted octanol–water partition coefficient (Wildman–Crippen LogP) is 2.86. The van der Waals surface area contributed by atoms with E-state index in [0.717, 1.165) is 16.9 Å². The Kier molecular flexibility index (Phi) is 4.27. The molecule has 6 nitrogen and oxygen atoms in total. The number of anilines is 3. The summed E-state index contributed by atoms with van der Waals surface area (Å²) in [5.74, 6) is 0. The van der Waals surface area contributed by atoms with Crippen molar-refractivity contribution in [3.63, 3.8) is 0 Å². The Labute approximate surface area is 123 Å². The lowest BCUT2D eigenvalue weighted by molar-refractivity contribution is -0.384. The quantitative estimate of drug-likeness (QED) is 0.501. The van der Waals surface area contributed by atoms with Crippen molar-refractivity contribution in [1.82, 2.24) is 0 Å². The standard InChI is InChI=1S/C15H18N4O2/c1-17-15-9-12(6-7-14(15)16)18(2)10-11-4-3-5-13(8-11)19(20)21/h3-9,17H,10,16H2,1-2H3. The zero-order chi connectivity index (χ0) is 15.4. The molecule has 0 spiro atoms. The lowest BCUT2D eigenvalue weighted by Gasteiger charge is -2.20. The first-order chi connectivity index (χ1) is 10.0. The van der Waals surface area contributed by atoms with Crippen LogP contribution in [-0.4, -0.2) is 19.0 Å². The van der Waals surface area contributed by atoms with Gasteiger partial charge in [-0.3, -0.25) is 10.1 Å². The van der Waals surface area contributed by atoms with Gasteiger partial charge in [-0.1, -0.05) is 12.1 Å². The van der Waals surface area contributed by atoms with E-state index in [4.69, 9.17) is 5.73 Å². The number of non-ortho nitro benzene ring substituents is 1. The van der Waals surface area contributed by atoms with Crippen molar-refractivity contribution in [2.24, 2.45) is 0 Å². The number of nitrogens with zero attached hydrogens (tertiary/aromatic N) is 2. The Hall–Kier alpha value is -2.76. The molecule has 0 atom stereocenters. The minimum Gasteiger partial charge on any atom is -0.397 e. The highest BCUT2D eigenvalue weighted by molar-refractivity contribution is 5.71. The van der Waals surface area contributed by atoms with Crippen molar-refractivity contribution in [2.75, 3.05) is 30.0 Å². The first kappa shape index (κ1) is 14.6. The van der Waals surface area contributed by atoms with E-state index in [9.17, 15) is 10.1 Å². The summed E-state index contributed by atoms with van der Waals surface area (Å²) in [5.41, 5.74) is 9.37. The van der Waals surface area contributed by atoms with Gasteiger partial charge in [0, 0.05) is 38.5 Å². The van der Waals surface area contributed by atoms with Gasteiger partial charge >= 0.3 is 0 Å². The summed E-state index contributed by atoms with van der Waals surface area (Å²) < 4.78 is 0. The number of nitrogens with two attached hydrogens (primary N) is 1. The number of nitro groups is 1. The van der Waals surface area contributed by atoms with E-state index in [2.05, 4.69) is 5.32 Å². The zero-order valence-electron chi connectivity index (χ0n) is 12.0. The largest absolute Gasteiger partial charge is 0.397 e. The molecule has 0 aliphatic carbocycles. The summed E-state index contributed by atoms with van der Waals surface area (Å²) in [6.45, 7) is 0.578. The van der Waals surface area contributed by atoms with Gasteiger partial charge < -0.3 is 16.0 Å². The molecule has 3 N–H and O–H groups in total. The molecule has 2 rings (SSSR count). The molecule has 2 aromatic rings. The average molecular weight is 286 g/mol. The Morgan fingerprint density at radius 2 is 2.05 bits per heavy atom. The van der Waals surface area contributed by atoms with Gasteiger partial charge in [0.25, 0.3) is 5.69 Å². The van der Waals surface area contributed by atoms with Crippen molar-refractivity contribution in [2.45, 2.75) is 6.54 Å². The molecule has 0 aromatic heterocycles. The lowest BCUT2D eigenvalue weighted by atomic mass is 10.1. The number of nitrogen functional groups attached to an aromatic ring is 1. The van der Waals surface area contributed by atoms with Crippen molar-refractivity contribution in [3.8, 4) is 0 Å². The number of rotatable bonds is 5. The highest BCUT2D eigenvalue weighted by Crippen LogP contribution is 2.26. The minimum atomic E-state index is -0.383. The van der Waals surface area contributed by atoms with E-state index in [0.29, 0.717) is 12.2 Å². The summed E-state index contributed by atoms with van der Waals surface area (Å²) in [5, 5.41) is 13.8. The number of nitrogens with one attached hydrogen (secondary N) is 1. The lowest BCUT2D eigenvalue weighted by Crippen LogP contribution is -2.16. The maximum absolute atomic E-state index is 10.8. The molecule has 0 heterocycles. The fraction of sp³-hybridized carbons (Fsp3) is 0.200. The molecular formula is C15H18N4O2. The van der Waals surface area contributed by atoms with Gasteiger partial charge in [0.15, 0.2) is 0 Å². The van der Waals surface area contributed by atoms with Gasteiger partial charge in [-0.2, -0.15) is 0 Å². The summed E-state index contributed by atoms with van der Waals surface area (Å²) in [7, 11) is 3.75. The molecule has 2 aromatic carbocycles. The van der Waals surface area contributed by atoms with Crippen LogP contribution in [-0.2, 0) is 6.54 Å². The van der Waals surface area contributed by atoms with Crippen LogP contribution in [0.25, 0.3) is 0 Å². The molecule has 0 bridgehead atoms. The van der Waals surface area contributed by atoms with Crippen LogP contribution in [0.1, 0.15) is 5.56 Å². The molecule has 21 heavy (non-hydrogen) atoms. The molecule has 0 unspecified atom stereocenters. The molecule has 0 aliphatic rings. The number of benzene rings is 2. The first-order valence-electron chi connectivity index (χ1n) is 6.53. The Bertz CT molecular complexity index is 658. The minimum absolute atomic E-state index is 0.106. The topological polar surface area (TPSA) is 84.4 Å². The van der Waals surface area contributed by atoms with E-state index in [1.807, 2.05) is 43.3 Å². The summed E-state index contributed by atoms with van der Waals surface area (Å²) >= 11 is 0. The van der Waals surface area contributed by atoms with Crippen LogP contribution in [0.15, 0.2) is 42.5 Å². The summed E-state index contributed by atoms with van der Waals surface area (Å²) in [6, 6.07) is 12.4. The third-order valence-electron chi connectivity index (χ3n) is 3.29. The van der Waals surface area contributed by atoms with Gasteiger partial charge in [-0.05, 0) is 23.8 Å². The Morgan fingerprint density at radius 1 is 1.29 bits per heavy atom. The van der Waals surface area contributed by atoms with Gasteiger partial charge in [-0.15, -0.1) is 0 Å². The van der Waals surface area contributed by atoms with Gasteiger partial charge in [0.05, 0.1) is 16.3 Å². The SMILES string of the molecule is CNc1cc(N(C)Cc2cccc([N+](=O)[O-])c2)ccc1N. The van der Waals surface area contributed by atoms with Gasteiger partial charge in [-0.25, -0.2) is 0 Å². The molecule has 0 saturated heterocycles. The third-order valence-corrected chi connectivity index (χ3v) is 3.29. The van der Waals surface area contributed by atoms with Crippen LogP contribution in [0.5, 0.6) is 0 Å². The molecule has 0 fully saturated rings. The fourth-order valence-corrected chi connectivity index (χ4v) is 2.13. The highest BCUT2D eigenvalue weighted by Gasteiger charge is 2.09. The number of hydrogen-bond acceptors (Lipinski definition) is 5. The highest BCUT2D eigenvalue weighted by atomic mass is 16.6. The first-order valence-corrected chi connectivity index (χ1v) is 6.53. The van der Waals surface area contributed by atoms with Crippen molar-refractivity contribution < 1.29 is 4.92 Å². The van der Waals surface area contributed by atoms with Crippen LogP contribution >= 0.6 is 0 Å². The van der Waals surface area contributed by atoms with Crippen LogP contribution in [0.2, 0.25) is 0 Å². The molecule has 110 valence electrons.